The van der Waals surface area contributed by atoms with Crippen LogP contribution in [0.3, 0.4) is 0 Å². The van der Waals surface area contributed by atoms with E-state index < -0.39 is 9.39 Å². The van der Waals surface area contributed by atoms with Crippen LogP contribution in [0.2, 0.25) is 0 Å². The Bertz CT molecular complexity index is 2160. The summed E-state index contributed by atoms with van der Waals surface area (Å²) in [6.07, 6.45) is 13.1. The predicted octanol–water partition coefficient (Wildman–Crippen LogP) is 8.18. The van der Waals surface area contributed by atoms with E-state index in [2.05, 4.69) is 84.7 Å². The lowest BCUT2D eigenvalue weighted by molar-refractivity contribution is 0.368. The topological polar surface area (TPSA) is 93.5 Å². The molecule has 0 saturated carbocycles. The summed E-state index contributed by atoms with van der Waals surface area (Å²) < 4.78 is 18.1. The van der Waals surface area contributed by atoms with Gasteiger partial charge in [-0.15, -0.1) is 0 Å². The van der Waals surface area contributed by atoms with Crippen molar-refractivity contribution in [3.63, 3.8) is 0 Å². The largest absolute Gasteiger partial charge is 0.359 e. The lowest BCUT2D eigenvalue weighted by Gasteiger charge is -2.24. The summed E-state index contributed by atoms with van der Waals surface area (Å²) in [6, 6.07) is 15.4. The van der Waals surface area contributed by atoms with Crippen LogP contribution in [0.1, 0.15) is 37.3 Å². The molecule has 1 aliphatic rings. The number of nitrogens with zero attached hydrogens (tertiary/aromatic N) is 2. The van der Waals surface area contributed by atoms with E-state index in [1.807, 2.05) is 49.7 Å². The van der Waals surface area contributed by atoms with Gasteiger partial charge in [0.05, 0.1) is 11.4 Å². The molecule has 5 N–H and O–H groups in total. The molecular weight excluding hydrogens is 618 g/mol. The SMILES string of the molecule is C=C/C(=C\C(=C/C)c1cnc2n[nH]c(-c3cc4c(-c5cc(F)cc(CNS(=C)(=C)C)c5)cccc4[nH]3)c2c1)NC(=C)CC1CCNCC1. The van der Waals surface area contributed by atoms with Gasteiger partial charge in [-0.25, -0.2) is 9.37 Å². The fraction of sp³-hybridized carbons (Fsp3) is 0.231. The molecule has 7 nitrogen and oxygen atoms in total. The van der Waals surface area contributed by atoms with Crippen LogP contribution in [0.4, 0.5) is 4.39 Å². The molecule has 1 saturated heterocycles. The van der Waals surface area contributed by atoms with Gasteiger partial charge in [0.15, 0.2) is 5.65 Å². The van der Waals surface area contributed by atoms with Crippen molar-refractivity contribution in [1.29, 1.82) is 0 Å². The molecule has 1 fully saturated rings. The molecule has 248 valence electrons. The van der Waals surface area contributed by atoms with Crippen LogP contribution in [-0.2, 0) is 6.54 Å². The van der Waals surface area contributed by atoms with Gasteiger partial charge in [0, 0.05) is 46.0 Å². The first-order chi connectivity index (χ1) is 23.1. The number of fused-ring (bicyclic) bond motifs is 2. The number of hydrogen-bond donors (Lipinski definition) is 5. The lowest BCUT2D eigenvalue weighted by Crippen LogP contribution is -2.28. The smallest absolute Gasteiger partial charge is 0.181 e. The van der Waals surface area contributed by atoms with Gasteiger partial charge in [-0.05, 0) is 122 Å². The summed E-state index contributed by atoms with van der Waals surface area (Å²) in [6.45, 7) is 13.0. The summed E-state index contributed by atoms with van der Waals surface area (Å²) in [7, 11) is -1.43. The zero-order valence-electron chi connectivity index (χ0n) is 27.8. The Kier molecular flexibility index (Phi) is 9.82. The molecule has 0 bridgehead atoms. The quantitative estimate of drug-likeness (QED) is 0.0687. The molecule has 48 heavy (non-hydrogen) atoms. The third kappa shape index (κ3) is 7.71. The molecule has 2 aromatic carbocycles. The number of allylic oxidation sites excluding steroid dienone is 5. The van der Waals surface area contributed by atoms with Gasteiger partial charge in [-0.3, -0.25) is 9.82 Å². The maximum absolute atomic E-state index is 14.8. The van der Waals surface area contributed by atoms with E-state index in [4.69, 9.17) is 0 Å². The summed E-state index contributed by atoms with van der Waals surface area (Å²) in [5.41, 5.74) is 9.69. The van der Waals surface area contributed by atoms with Crippen LogP contribution in [0.25, 0.3) is 50.0 Å². The third-order valence-corrected chi connectivity index (χ3v) is 9.57. The Morgan fingerprint density at radius 2 is 1.92 bits per heavy atom. The zero-order chi connectivity index (χ0) is 33.8. The van der Waals surface area contributed by atoms with Crippen molar-refractivity contribution in [2.45, 2.75) is 32.7 Å². The molecule has 0 spiro atoms. The Hall–Kier alpha value is -4.70. The molecule has 0 radical (unpaired) electrons. The van der Waals surface area contributed by atoms with Crippen molar-refractivity contribution in [3.8, 4) is 22.5 Å². The minimum Gasteiger partial charge on any atom is -0.359 e. The van der Waals surface area contributed by atoms with Crippen LogP contribution >= 0.6 is 9.39 Å². The van der Waals surface area contributed by atoms with Gasteiger partial charge in [0.2, 0.25) is 0 Å². The van der Waals surface area contributed by atoms with Crippen molar-refractivity contribution < 1.29 is 4.39 Å². The Labute approximate surface area is 282 Å². The second kappa shape index (κ2) is 14.2. The van der Waals surface area contributed by atoms with Crippen molar-refractivity contribution in [2.24, 2.45) is 5.92 Å². The summed E-state index contributed by atoms with van der Waals surface area (Å²) in [5, 5.41) is 16.5. The van der Waals surface area contributed by atoms with Gasteiger partial charge in [0.25, 0.3) is 0 Å². The average Bonchev–Trinajstić information content (AvgIpc) is 3.69. The lowest BCUT2D eigenvalue weighted by atomic mass is 9.93. The van der Waals surface area contributed by atoms with E-state index in [-0.39, 0.29) is 5.82 Å². The van der Waals surface area contributed by atoms with Crippen LogP contribution in [0.5, 0.6) is 0 Å². The number of aromatic nitrogens is 4. The number of hydrogen-bond acceptors (Lipinski definition) is 5. The highest BCUT2D eigenvalue weighted by Gasteiger charge is 2.17. The van der Waals surface area contributed by atoms with Gasteiger partial charge in [0.1, 0.15) is 5.82 Å². The first-order valence-corrected chi connectivity index (χ1v) is 18.6. The van der Waals surface area contributed by atoms with E-state index in [9.17, 15) is 4.39 Å². The van der Waals surface area contributed by atoms with E-state index in [0.717, 1.165) is 86.4 Å². The average molecular weight is 662 g/mol. The number of benzene rings is 2. The molecule has 1 aliphatic heterocycles. The minimum atomic E-state index is -1.43. The maximum atomic E-state index is 14.8. The summed E-state index contributed by atoms with van der Waals surface area (Å²) in [5.74, 6) is 8.51. The summed E-state index contributed by atoms with van der Waals surface area (Å²) in [4.78, 5) is 8.24. The highest BCUT2D eigenvalue weighted by Crippen LogP contribution is 2.35. The molecule has 3 aromatic heterocycles. The van der Waals surface area contributed by atoms with E-state index in [1.165, 1.54) is 12.8 Å². The third-order valence-electron chi connectivity index (χ3n) is 8.73. The van der Waals surface area contributed by atoms with Crippen molar-refractivity contribution in [2.75, 3.05) is 19.3 Å². The van der Waals surface area contributed by atoms with Gasteiger partial charge >= 0.3 is 0 Å². The van der Waals surface area contributed by atoms with Gasteiger partial charge in [-0.2, -0.15) is 14.5 Å². The van der Waals surface area contributed by atoms with Crippen molar-refractivity contribution in [1.82, 2.24) is 35.5 Å². The van der Waals surface area contributed by atoms with Crippen molar-refractivity contribution in [3.05, 3.63) is 114 Å². The standard InChI is InChI=1S/C39H44FN7S/c1-7-28(20-32(8-2)44-25(3)16-26-12-14-41-15-13-26)30-21-35-38(46-47-39(35)42-24-30)37-22-34-33(10-9-11-36(34)45-37)29-17-27(18-31(40)19-29)23-43-48(4,5)6/h7-11,17-22,24,26,41,43-45H,2-5,12-16,23H2,1,6H3,(H,42,46,47)/b28-7+,32-20+. The number of halogens is 1. The first kappa shape index (κ1) is 33.2. The Morgan fingerprint density at radius 1 is 1.10 bits per heavy atom. The molecule has 0 amide bonds. The minimum absolute atomic E-state index is 0.283. The Balaban J connectivity index is 1.30. The highest BCUT2D eigenvalue weighted by atomic mass is 32.2. The fourth-order valence-corrected chi connectivity index (χ4v) is 6.82. The molecule has 5 aromatic rings. The molecular formula is C39H44FN7S. The molecule has 0 aliphatic carbocycles. The monoisotopic (exact) mass is 661 g/mol. The highest BCUT2D eigenvalue weighted by molar-refractivity contribution is 8.25. The van der Waals surface area contributed by atoms with Crippen LogP contribution < -0.4 is 15.4 Å². The number of piperidine rings is 1. The Morgan fingerprint density at radius 3 is 2.67 bits per heavy atom. The normalized spacial score (nSPS) is 14.9. The molecule has 4 heterocycles. The number of pyridine rings is 1. The first-order valence-electron chi connectivity index (χ1n) is 16.2. The summed E-state index contributed by atoms with van der Waals surface area (Å²) >= 11 is 0. The number of nitrogens with one attached hydrogen (secondary N) is 5. The van der Waals surface area contributed by atoms with Gasteiger partial charge in [-0.1, -0.05) is 43.1 Å². The van der Waals surface area contributed by atoms with Crippen LogP contribution in [0.15, 0.2) is 97.5 Å². The molecule has 0 atom stereocenters. The molecule has 0 unspecified atom stereocenters. The second-order valence-corrected chi connectivity index (χ2v) is 15.6. The molecule has 9 heteroatoms. The van der Waals surface area contributed by atoms with E-state index in [1.54, 1.807) is 12.1 Å². The van der Waals surface area contributed by atoms with Crippen LogP contribution in [-0.4, -0.2) is 51.3 Å². The number of aromatic amines is 2. The van der Waals surface area contributed by atoms with Crippen molar-refractivity contribution >= 4 is 48.6 Å². The number of rotatable bonds is 12. The second-order valence-electron chi connectivity index (χ2n) is 12.8. The van der Waals surface area contributed by atoms with E-state index in [0.29, 0.717) is 18.1 Å². The maximum Gasteiger partial charge on any atom is 0.181 e. The van der Waals surface area contributed by atoms with Gasteiger partial charge < -0.3 is 15.6 Å². The fourth-order valence-electron chi connectivity index (χ4n) is 6.31. The predicted molar refractivity (Wildman–Crippen MR) is 206 cm³/mol. The molecule has 6 rings (SSSR count). The van der Waals surface area contributed by atoms with E-state index >= 15 is 0 Å². The van der Waals surface area contributed by atoms with Crippen LogP contribution in [0, 0.1) is 11.7 Å². The number of H-pyrrole nitrogens is 2. The zero-order valence-corrected chi connectivity index (χ0v) is 28.6.